The lowest BCUT2D eigenvalue weighted by molar-refractivity contribution is -0.0732. The summed E-state index contributed by atoms with van der Waals surface area (Å²) in [5, 5.41) is 2.01. The topological polar surface area (TPSA) is 18.5 Å². The fraction of sp³-hybridized carbons (Fsp3) is 0.385. The van der Waals surface area contributed by atoms with Crippen molar-refractivity contribution < 1.29 is 9.47 Å². The molecule has 1 aromatic rings. The summed E-state index contributed by atoms with van der Waals surface area (Å²) in [6.07, 6.45) is 2.05. The van der Waals surface area contributed by atoms with Crippen LogP contribution in [0.15, 0.2) is 35.7 Å². The molecule has 0 bridgehead atoms. The summed E-state index contributed by atoms with van der Waals surface area (Å²) in [4.78, 5) is 0. The summed E-state index contributed by atoms with van der Waals surface area (Å²) in [5.74, 6) is 0. The number of rotatable bonds is 7. The Morgan fingerprint density at radius 1 is 1.12 bits per heavy atom. The molecule has 0 saturated carbocycles. The highest BCUT2D eigenvalue weighted by molar-refractivity contribution is 8.02. The van der Waals surface area contributed by atoms with E-state index in [0.717, 1.165) is 0 Å². The van der Waals surface area contributed by atoms with Gasteiger partial charge in [-0.25, -0.2) is 0 Å². The first-order valence-corrected chi connectivity index (χ1v) is 6.41. The van der Waals surface area contributed by atoms with Gasteiger partial charge < -0.3 is 9.47 Å². The third kappa shape index (κ3) is 5.35. The molecular formula is C13H18O2S. The Bertz CT molecular complexity index is 292. The summed E-state index contributed by atoms with van der Waals surface area (Å²) in [5.41, 5.74) is 0.983. The van der Waals surface area contributed by atoms with Gasteiger partial charge in [0.15, 0.2) is 0 Å². The molecule has 0 radical (unpaired) electrons. The Labute approximate surface area is 102 Å². The first-order valence-electron chi connectivity index (χ1n) is 5.47. The molecule has 0 spiro atoms. The Kier molecular flexibility index (Phi) is 6.97. The molecule has 0 unspecified atom stereocenters. The van der Waals surface area contributed by atoms with E-state index in [9.17, 15) is 0 Å². The van der Waals surface area contributed by atoms with Gasteiger partial charge in [0.05, 0.1) is 0 Å². The standard InChI is InChI=1S/C13H18O2S/c1-3-14-13(15-4-2)16-11-10-12-8-6-5-7-9-12/h5-11,13H,3-4H2,1-2H3/b11-10+. The lowest BCUT2D eigenvalue weighted by atomic mass is 10.2. The van der Waals surface area contributed by atoms with Gasteiger partial charge in [-0.3, -0.25) is 0 Å². The minimum atomic E-state index is -0.199. The molecular weight excluding hydrogens is 220 g/mol. The van der Waals surface area contributed by atoms with Gasteiger partial charge in [-0.1, -0.05) is 42.1 Å². The van der Waals surface area contributed by atoms with Gasteiger partial charge in [-0.05, 0) is 30.9 Å². The van der Waals surface area contributed by atoms with Crippen molar-refractivity contribution in [3.8, 4) is 0 Å². The zero-order valence-electron chi connectivity index (χ0n) is 9.76. The van der Waals surface area contributed by atoms with Crippen LogP contribution in [0.1, 0.15) is 19.4 Å². The molecule has 0 fully saturated rings. The van der Waals surface area contributed by atoms with Crippen LogP contribution in [0.2, 0.25) is 0 Å². The van der Waals surface area contributed by atoms with Gasteiger partial charge in [-0.2, -0.15) is 0 Å². The van der Waals surface area contributed by atoms with Crippen molar-refractivity contribution >= 4 is 17.8 Å². The molecule has 0 heterocycles. The molecule has 0 amide bonds. The largest absolute Gasteiger partial charge is 0.344 e. The summed E-state index contributed by atoms with van der Waals surface area (Å²) in [7, 11) is 0. The second kappa shape index (κ2) is 8.39. The van der Waals surface area contributed by atoms with E-state index in [-0.39, 0.29) is 5.62 Å². The van der Waals surface area contributed by atoms with E-state index >= 15 is 0 Å². The number of hydrogen-bond donors (Lipinski definition) is 0. The molecule has 2 nitrogen and oxygen atoms in total. The van der Waals surface area contributed by atoms with Gasteiger partial charge in [0.25, 0.3) is 0 Å². The van der Waals surface area contributed by atoms with Crippen molar-refractivity contribution in [3.05, 3.63) is 41.3 Å². The van der Waals surface area contributed by atoms with Gasteiger partial charge in [0.1, 0.15) is 0 Å². The lowest BCUT2D eigenvalue weighted by Gasteiger charge is -2.13. The SMILES string of the molecule is CCOC(OCC)S/C=C/c1ccccc1. The van der Waals surface area contributed by atoms with E-state index in [4.69, 9.17) is 9.47 Å². The van der Waals surface area contributed by atoms with E-state index in [0.29, 0.717) is 13.2 Å². The maximum atomic E-state index is 5.41. The number of thioether (sulfide) groups is 1. The monoisotopic (exact) mass is 238 g/mol. The van der Waals surface area contributed by atoms with Gasteiger partial charge in [-0.15, -0.1) is 0 Å². The fourth-order valence-corrected chi connectivity index (χ4v) is 1.94. The molecule has 0 aliphatic rings. The van der Waals surface area contributed by atoms with Crippen LogP contribution in [0.4, 0.5) is 0 Å². The molecule has 0 atom stereocenters. The third-order valence-corrected chi connectivity index (χ3v) is 2.64. The number of hydrogen-bond acceptors (Lipinski definition) is 3. The van der Waals surface area contributed by atoms with E-state index < -0.39 is 0 Å². The predicted octanol–water partition coefficient (Wildman–Crippen LogP) is 3.75. The summed E-state index contributed by atoms with van der Waals surface area (Å²) in [6.45, 7) is 5.26. The minimum Gasteiger partial charge on any atom is -0.344 e. The average Bonchev–Trinajstić information content (AvgIpc) is 2.31. The van der Waals surface area contributed by atoms with Crippen LogP contribution in [-0.4, -0.2) is 18.8 Å². The molecule has 16 heavy (non-hydrogen) atoms. The predicted molar refractivity (Wildman–Crippen MR) is 70.1 cm³/mol. The molecule has 1 aromatic carbocycles. The summed E-state index contributed by atoms with van der Waals surface area (Å²) >= 11 is 1.54. The maximum absolute atomic E-state index is 5.41. The van der Waals surface area contributed by atoms with Crippen molar-refractivity contribution in [1.82, 2.24) is 0 Å². The van der Waals surface area contributed by atoms with Gasteiger partial charge in [0.2, 0.25) is 5.62 Å². The maximum Gasteiger partial charge on any atom is 0.210 e. The number of benzene rings is 1. The molecule has 0 saturated heterocycles. The van der Waals surface area contributed by atoms with Crippen molar-refractivity contribution in [2.24, 2.45) is 0 Å². The lowest BCUT2D eigenvalue weighted by Crippen LogP contribution is -2.11. The zero-order chi connectivity index (χ0) is 11.6. The van der Waals surface area contributed by atoms with Crippen LogP contribution in [0.25, 0.3) is 6.08 Å². The molecule has 1 rings (SSSR count). The van der Waals surface area contributed by atoms with E-state index in [2.05, 4.69) is 18.2 Å². The average molecular weight is 238 g/mol. The highest BCUT2D eigenvalue weighted by atomic mass is 32.2. The Morgan fingerprint density at radius 3 is 2.31 bits per heavy atom. The Morgan fingerprint density at radius 2 is 1.75 bits per heavy atom. The Hall–Kier alpha value is -0.770. The van der Waals surface area contributed by atoms with Gasteiger partial charge >= 0.3 is 0 Å². The highest BCUT2D eigenvalue weighted by Crippen LogP contribution is 2.17. The van der Waals surface area contributed by atoms with E-state index in [1.165, 1.54) is 5.56 Å². The molecule has 0 aliphatic carbocycles. The Balaban J connectivity index is 2.39. The second-order valence-corrected chi connectivity index (χ2v) is 3.98. The minimum absolute atomic E-state index is 0.199. The molecule has 3 heteroatoms. The molecule has 88 valence electrons. The zero-order valence-corrected chi connectivity index (χ0v) is 10.6. The summed E-state index contributed by atoms with van der Waals surface area (Å²) < 4.78 is 10.8. The molecule has 0 aromatic heterocycles. The van der Waals surface area contributed by atoms with Crippen LogP contribution >= 0.6 is 11.8 Å². The van der Waals surface area contributed by atoms with E-state index in [1.54, 1.807) is 11.8 Å². The summed E-state index contributed by atoms with van der Waals surface area (Å²) in [6, 6.07) is 10.2. The fourth-order valence-electron chi connectivity index (χ4n) is 1.14. The first-order chi connectivity index (χ1) is 7.86. The quantitative estimate of drug-likeness (QED) is 0.674. The van der Waals surface area contributed by atoms with Crippen LogP contribution in [0.5, 0.6) is 0 Å². The first kappa shape index (κ1) is 13.3. The van der Waals surface area contributed by atoms with Crippen molar-refractivity contribution in [2.75, 3.05) is 13.2 Å². The second-order valence-electron chi connectivity index (χ2n) is 3.05. The van der Waals surface area contributed by atoms with Crippen LogP contribution in [-0.2, 0) is 9.47 Å². The number of ether oxygens (including phenoxy) is 2. The normalized spacial score (nSPS) is 11.4. The third-order valence-electron chi connectivity index (χ3n) is 1.86. The molecule has 0 N–H and O–H groups in total. The smallest absolute Gasteiger partial charge is 0.210 e. The van der Waals surface area contributed by atoms with Crippen molar-refractivity contribution in [3.63, 3.8) is 0 Å². The van der Waals surface area contributed by atoms with Crippen molar-refractivity contribution in [1.29, 1.82) is 0 Å². The van der Waals surface area contributed by atoms with Gasteiger partial charge in [0, 0.05) is 13.2 Å². The van der Waals surface area contributed by atoms with Crippen molar-refractivity contribution in [2.45, 2.75) is 19.5 Å². The molecule has 0 aliphatic heterocycles. The van der Waals surface area contributed by atoms with E-state index in [1.807, 2.05) is 37.5 Å². The van der Waals surface area contributed by atoms with Crippen LogP contribution in [0.3, 0.4) is 0 Å². The van der Waals surface area contributed by atoms with Crippen LogP contribution < -0.4 is 0 Å². The highest BCUT2D eigenvalue weighted by Gasteiger charge is 2.04. The van der Waals surface area contributed by atoms with Crippen LogP contribution in [0, 0.1) is 0 Å².